The van der Waals surface area contributed by atoms with Crippen molar-refractivity contribution in [3.05, 3.63) is 39.7 Å². The molecule has 0 aliphatic carbocycles. The molecule has 0 saturated carbocycles. The summed E-state index contributed by atoms with van der Waals surface area (Å²) in [6.07, 6.45) is 0.765. The van der Waals surface area contributed by atoms with Crippen LogP contribution in [0, 0.1) is 15.9 Å². The van der Waals surface area contributed by atoms with Gasteiger partial charge in [0, 0.05) is 18.2 Å². The van der Waals surface area contributed by atoms with E-state index in [2.05, 4.69) is 5.32 Å². The molecule has 1 amide bonds. The molecular weight excluding hydrogens is 215 g/mol. The number of benzene rings is 1. The highest BCUT2D eigenvalue weighted by Gasteiger charge is 2.16. The number of amides is 1. The quantitative estimate of drug-likeness (QED) is 0.629. The topological polar surface area (TPSA) is 72.2 Å². The van der Waals surface area contributed by atoms with Gasteiger partial charge in [-0.2, -0.15) is 4.39 Å². The Bertz CT molecular complexity index is 421. The van der Waals surface area contributed by atoms with E-state index >= 15 is 0 Å². The summed E-state index contributed by atoms with van der Waals surface area (Å²) in [5.74, 6) is -1.44. The van der Waals surface area contributed by atoms with E-state index in [1.165, 1.54) is 6.07 Å². The van der Waals surface area contributed by atoms with E-state index < -0.39 is 22.3 Å². The Labute approximate surface area is 91.4 Å². The number of nitro benzene ring substituents is 1. The average molecular weight is 226 g/mol. The second-order valence-electron chi connectivity index (χ2n) is 3.18. The molecule has 5 nitrogen and oxygen atoms in total. The second-order valence-corrected chi connectivity index (χ2v) is 3.18. The van der Waals surface area contributed by atoms with Gasteiger partial charge in [0.25, 0.3) is 5.91 Å². The highest BCUT2D eigenvalue weighted by Crippen LogP contribution is 2.17. The lowest BCUT2D eigenvalue weighted by atomic mass is 10.2. The summed E-state index contributed by atoms with van der Waals surface area (Å²) in [6.45, 7) is 2.37. The summed E-state index contributed by atoms with van der Waals surface area (Å²) < 4.78 is 13.2. The van der Waals surface area contributed by atoms with Crippen molar-refractivity contribution in [1.29, 1.82) is 0 Å². The number of hydrogen-bond donors (Lipinski definition) is 1. The van der Waals surface area contributed by atoms with E-state index in [4.69, 9.17) is 0 Å². The largest absolute Gasteiger partial charge is 0.352 e. The molecule has 0 fully saturated rings. The third kappa shape index (κ3) is 2.75. The van der Waals surface area contributed by atoms with Gasteiger partial charge < -0.3 is 5.32 Å². The zero-order valence-electron chi connectivity index (χ0n) is 8.70. The van der Waals surface area contributed by atoms with Gasteiger partial charge in [0.2, 0.25) is 5.82 Å². The maximum atomic E-state index is 13.2. The van der Waals surface area contributed by atoms with Crippen LogP contribution in [0.4, 0.5) is 10.1 Å². The standard InChI is InChI=1S/C10H11FN2O3/c1-2-5-12-10(14)7-3-4-9(13(15)16)8(11)6-7/h3-4,6H,2,5H2,1H3,(H,12,14). The van der Waals surface area contributed by atoms with Crippen LogP contribution in [0.5, 0.6) is 0 Å². The average Bonchev–Trinajstić information content (AvgIpc) is 2.25. The third-order valence-corrected chi connectivity index (χ3v) is 1.94. The fraction of sp³-hybridized carbons (Fsp3) is 0.300. The summed E-state index contributed by atoms with van der Waals surface area (Å²) in [5, 5.41) is 12.9. The number of hydrogen-bond acceptors (Lipinski definition) is 3. The molecule has 0 aliphatic rings. The molecule has 0 saturated heterocycles. The minimum Gasteiger partial charge on any atom is -0.352 e. The van der Waals surface area contributed by atoms with Gasteiger partial charge >= 0.3 is 5.69 Å². The maximum Gasteiger partial charge on any atom is 0.304 e. The molecule has 1 aromatic carbocycles. The zero-order valence-corrected chi connectivity index (χ0v) is 8.70. The van der Waals surface area contributed by atoms with E-state index in [0.29, 0.717) is 6.54 Å². The molecule has 0 bridgehead atoms. The van der Waals surface area contributed by atoms with Crippen LogP contribution >= 0.6 is 0 Å². The van der Waals surface area contributed by atoms with Crippen LogP contribution < -0.4 is 5.32 Å². The lowest BCUT2D eigenvalue weighted by Gasteiger charge is -2.03. The first-order chi connectivity index (χ1) is 7.56. The van der Waals surface area contributed by atoms with Gasteiger partial charge in [0.15, 0.2) is 0 Å². The van der Waals surface area contributed by atoms with Gasteiger partial charge in [-0.3, -0.25) is 14.9 Å². The van der Waals surface area contributed by atoms with Gasteiger partial charge in [0.05, 0.1) is 4.92 Å². The molecule has 0 unspecified atom stereocenters. The zero-order chi connectivity index (χ0) is 12.1. The molecule has 1 aromatic rings. The molecule has 86 valence electrons. The highest BCUT2D eigenvalue weighted by molar-refractivity contribution is 5.94. The lowest BCUT2D eigenvalue weighted by molar-refractivity contribution is -0.387. The first kappa shape index (κ1) is 12.1. The molecule has 0 heterocycles. The van der Waals surface area contributed by atoms with E-state index in [9.17, 15) is 19.3 Å². The van der Waals surface area contributed by atoms with Gasteiger partial charge in [-0.1, -0.05) is 6.92 Å². The number of rotatable bonds is 4. The van der Waals surface area contributed by atoms with Crippen molar-refractivity contribution in [1.82, 2.24) is 5.32 Å². The Kier molecular flexibility index (Phi) is 3.93. The van der Waals surface area contributed by atoms with Crippen molar-refractivity contribution >= 4 is 11.6 Å². The molecule has 0 aromatic heterocycles. The molecule has 0 aliphatic heterocycles. The van der Waals surface area contributed by atoms with Crippen molar-refractivity contribution in [3.8, 4) is 0 Å². The summed E-state index contributed by atoms with van der Waals surface area (Å²) in [5.41, 5.74) is -0.552. The molecule has 0 atom stereocenters. The van der Waals surface area contributed by atoms with Crippen molar-refractivity contribution < 1.29 is 14.1 Å². The Morgan fingerprint density at radius 3 is 2.75 bits per heavy atom. The van der Waals surface area contributed by atoms with Gasteiger partial charge in [-0.25, -0.2) is 0 Å². The van der Waals surface area contributed by atoms with Gasteiger partial charge in [-0.05, 0) is 18.6 Å². The van der Waals surface area contributed by atoms with Crippen LogP contribution in [-0.2, 0) is 0 Å². The molecule has 6 heteroatoms. The summed E-state index contributed by atoms with van der Waals surface area (Å²) in [7, 11) is 0. The minimum absolute atomic E-state index is 0.0801. The molecule has 0 spiro atoms. The van der Waals surface area contributed by atoms with E-state index in [1.807, 2.05) is 6.92 Å². The molecule has 0 radical (unpaired) electrons. The molecule has 1 N–H and O–H groups in total. The van der Waals surface area contributed by atoms with Crippen LogP contribution in [0.3, 0.4) is 0 Å². The SMILES string of the molecule is CCCNC(=O)c1ccc([N+](=O)[O-])c(F)c1. The van der Waals surface area contributed by atoms with Gasteiger partial charge in [0.1, 0.15) is 0 Å². The summed E-state index contributed by atoms with van der Waals surface area (Å²) >= 11 is 0. The maximum absolute atomic E-state index is 13.2. The number of carbonyl (C=O) groups is 1. The molecule has 16 heavy (non-hydrogen) atoms. The fourth-order valence-corrected chi connectivity index (χ4v) is 1.14. The van der Waals surface area contributed by atoms with E-state index in [0.717, 1.165) is 18.6 Å². The van der Waals surface area contributed by atoms with Crippen molar-refractivity contribution in [2.45, 2.75) is 13.3 Å². The molecule has 1 rings (SSSR count). The van der Waals surface area contributed by atoms with Crippen LogP contribution in [0.15, 0.2) is 18.2 Å². The Morgan fingerprint density at radius 2 is 2.25 bits per heavy atom. The minimum atomic E-state index is -1.01. The lowest BCUT2D eigenvalue weighted by Crippen LogP contribution is -2.24. The first-order valence-electron chi connectivity index (χ1n) is 4.78. The number of nitrogens with zero attached hydrogens (tertiary/aromatic N) is 1. The normalized spacial score (nSPS) is 9.88. The van der Waals surface area contributed by atoms with Crippen molar-refractivity contribution in [2.24, 2.45) is 0 Å². The van der Waals surface area contributed by atoms with Crippen LogP contribution in [0.25, 0.3) is 0 Å². The first-order valence-corrected chi connectivity index (χ1v) is 4.78. The van der Waals surface area contributed by atoms with Crippen LogP contribution in [-0.4, -0.2) is 17.4 Å². The smallest absolute Gasteiger partial charge is 0.304 e. The van der Waals surface area contributed by atoms with Gasteiger partial charge in [-0.15, -0.1) is 0 Å². The molecular formula is C10H11FN2O3. The Hall–Kier alpha value is -1.98. The predicted octanol–water partition coefficient (Wildman–Crippen LogP) is 1.87. The highest BCUT2D eigenvalue weighted by atomic mass is 19.1. The van der Waals surface area contributed by atoms with E-state index in [-0.39, 0.29) is 5.56 Å². The second kappa shape index (κ2) is 5.20. The Balaban J connectivity index is 2.88. The summed E-state index contributed by atoms with van der Waals surface area (Å²) in [4.78, 5) is 20.9. The fourth-order valence-electron chi connectivity index (χ4n) is 1.14. The van der Waals surface area contributed by atoms with Crippen molar-refractivity contribution in [3.63, 3.8) is 0 Å². The third-order valence-electron chi connectivity index (χ3n) is 1.94. The van der Waals surface area contributed by atoms with Crippen LogP contribution in [0.2, 0.25) is 0 Å². The van der Waals surface area contributed by atoms with Crippen molar-refractivity contribution in [2.75, 3.05) is 6.54 Å². The van der Waals surface area contributed by atoms with E-state index in [1.54, 1.807) is 0 Å². The monoisotopic (exact) mass is 226 g/mol. The number of nitro groups is 1. The predicted molar refractivity (Wildman–Crippen MR) is 55.7 cm³/mol. The Morgan fingerprint density at radius 1 is 1.56 bits per heavy atom. The number of nitrogens with one attached hydrogen (secondary N) is 1. The van der Waals surface area contributed by atoms with Crippen LogP contribution in [0.1, 0.15) is 23.7 Å². The number of carbonyl (C=O) groups excluding carboxylic acids is 1. The number of halogens is 1. The summed E-state index contributed by atoms with van der Waals surface area (Å²) in [6, 6.07) is 3.07.